The molecule has 8 nitrogen and oxygen atoms in total. The van der Waals surface area contributed by atoms with Gasteiger partial charge in [-0.3, -0.25) is 9.69 Å². The molecule has 5 heterocycles. The minimum Gasteiger partial charge on any atom is -0.369 e. The summed E-state index contributed by atoms with van der Waals surface area (Å²) in [5.74, 6) is -2.03. The zero-order valence-electron chi connectivity index (χ0n) is 23.1. The lowest BCUT2D eigenvalue weighted by Crippen LogP contribution is -2.57. The third-order valence-corrected chi connectivity index (χ3v) is 8.33. The molecule has 0 spiro atoms. The summed E-state index contributed by atoms with van der Waals surface area (Å²) in [6, 6.07) is 9.79. The summed E-state index contributed by atoms with van der Waals surface area (Å²) in [6.07, 6.45) is 4.75. The number of nitrogens with one attached hydrogen (secondary N) is 1. The van der Waals surface area contributed by atoms with Gasteiger partial charge in [-0.15, -0.1) is 11.3 Å². The van der Waals surface area contributed by atoms with Crippen LogP contribution in [0.4, 0.5) is 14.6 Å². The van der Waals surface area contributed by atoms with Gasteiger partial charge in [0.1, 0.15) is 5.82 Å². The number of fused-ring (bicyclic) bond motifs is 1. The Morgan fingerprint density at radius 1 is 1.18 bits per heavy atom. The number of thiophene rings is 1. The summed E-state index contributed by atoms with van der Waals surface area (Å²) >= 11 is 1.61. The SMILES string of the molecule is CCN(CC)[C@@H](C)CCC(=O)c1cc(NCCN2CC(F)(F)C2)nc(-c2cnn3ccc(-c4cccs4)nc23)c1. The van der Waals surface area contributed by atoms with E-state index in [4.69, 9.17) is 9.97 Å². The summed E-state index contributed by atoms with van der Waals surface area (Å²) in [5, 5.41) is 9.72. The summed E-state index contributed by atoms with van der Waals surface area (Å²) in [6.45, 7) is 8.75. The first kappa shape index (κ1) is 28.3. The van der Waals surface area contributed by atoms with Crippen LogP contribution in [0.5, 0.6) is 0 Å². The number of alkyl halides is 2. The minimum atomic E-state index is -2.60. The normalized spacial score (nSPS) is 15.8. The number of likely N-dealkylation sites (tertiary alicyclic amines) is 1. The van der Waals surface area contributed by atoms with Gasteiger partial charge < -0.3 is 10.2 Å². The van der Waals surface area contributed by atoms with Crippen molar-refractivity contribution in [3.63, 3.8) is 0 Å². The second kappa shape index (κ2) is 12.1. The van der Waals surface area contributed by atoms with Gasteiger partial charge in [0.05, 0.1) is 41.1 Å². The van der Waals surface area contributed by atoms with Crippen molar-refractivity contribution in [3.05, 3.63) is 53.7 Å². The van der Waals surface area contributed by atoms with Gasteiger partial charge in [-0.25, -0.2) is 23.3 Å². The Bertz CT molecular complexity index is 1440. The Kier molecular flexibility index (Phi) is 8.53. The standard InChI is InChI=1S/C29H35F2N7OS/c1-4-37(5-2)20(3)8-9-25(39)21-15-24(34-27(16-21)32-11-13-36-18-29(30,31)19-36)22-17-33-38-12-10-23(35-28(22)38)26-7-6-14-40-26/h6-7,10,12,14-17,20H,4-5,8-9,11,13,18-19H2,1-3H3,(H,32,34)/t20-/m0/s1. The number of halogens is 2. The lowest BCUT2D eigenvalue weighted by Gasteiger charge is -2.38. The maximum Gasteiger partial charge on any atom is 0.272 e. The maximum atomic E-state index is 13.4. The molecule has 212 valence electrons. The number of anilines is 1. The number of ketones is 1. The van der Waals surface area contributed by atoms with E-state index in [1.165, 1.54) is 0 Å². The fourth-order valence-electron chi connectivity index (χ4n) is 5.15. The highest BCUT2D eigenvalue weighted by Gasteiger charge is 2.43. The van der Waals surface area contributed by atoms with Crippen LogP contribution in [0.2, 0.25) is 0 Å². The van der Waals surface area contributed by atoms with E-state index in [1.807, 2.05) is 35.8 Å². The van der Waals surface area contributed by atoms with Gasteiger partial charge in [0, 0.05) is 37.3 Å². The minimum absolute atomic E-state index is 0.0387. The highest BCUT2D eigenvalue weighted by atomic mass is 32.1. The topological polar surface area (TPSA) is 78.7 Å². The van der Waals surface area contributed by atoms with Gasteiger partial charge >= 0.3 is 0 Å². The predicted octanol–water partition coefficient (Wildman–Crippen LogP) is 5.58. The second-order valence-electron chi connectivity index (χ2n) is 10.3. The van der Waals surface area contributed by atoms with Crippen LogP contribution in [0.25, 0.3) is 27.5 Å². The zero-order valence-corrected chi connectivity index (χ0v) is 23.9. The van der Waals surface area contributed by atoms with Gasteiger partial charge in [-0.05, 0) is 56.1 Å². The average molecular weight is 568 g/mol. The largest absolute Gasteiger partial charge is 0.369 e. The molecule has 0 unspecified atom stereocenters. The first-order valence-corrected chi connectivity index (χ1v) is 14.7. The number of nitrogens with zero attached hydrogens (tertiary/aromatic N) is 6. The van der Waals surface area contributed by atoms with Crippen molar-refractivity contribution in [2.24, 2.45) is 0 Å². The van der Waals surface area contributed by atoms with E-state index in [0.717, 1.165) is 35.6 Å². The lowest BCUT2D eigenvalue weighted by molar-refractivity contribution is -0.128. The molecule has 1 aliphatic rings. The Labute approximate surface area is 237 Å². The molecule has 0 saturated carbocycles. The van der Waals surface area contributed by atoms with E-state index < -0.39 is 5.92 Å². The molecular weight excluding hydrogens is 532 g/mol. The lowest BCUT2D eigenvalue weighted by atomic mass is 10.0. The number of carbonyl (C=O) groups excluding carboxylic acids is 1. The molecule has 1 fully saturated rings. The number of hydrogen-bond acceptors (Lipinski definition) is 8. The van der Waals surface area contributed by atoms with E-state index in [1.54, 1.807) is 33.0 Å². The van der Waals surface area contributed by atoms with Crippen LogP contribution in [0.3, 0.4) is 0 Å². The first-order chi connectivity index (χ1) is 19.3. The smallest absolute Gasteiger partial charge is 0.272 e. The van der Waals surface area contributed by atoms with Crippen LogP contribution < -0.4 is 5.32 Å². The van der Waals surface area contributed by atoms with Gasteiger partial charge in [-0.1, -0.05) is 19.9 Å². The third kappa shape index (κ3) is 6.37. The molecular formula is C29H35F2N7OS. The Morgan fingerprint density at radius 3 is 2.67 bits per heavy atom. The first-order valence-electron chi connectivity index (χ1n) is 13.8. The van der Waals surface area contributed by atoms with E-state index in [9.17, 15) is 13.6 Å². The van der Waals surface area contributed by atoms with Crippen molar-refractivity contribution >= 4 is 28.6 Å². The van der Waals surface area contributed by atoms with Crippen molar-refractivity contribution in [1.82, 2.24) is 29.4 Å². The van der Waals surface area contributed by atoms with E-state index in [-0.39, 0.29) is 18.9 Å². The van der Waals surface area contributed by atoms with E-state index in [0.29, 0.717) is 48.3 Å². The Morgan fingerprint density at radius 2 is 1.98 bits per heavy atom. The third-order valence-electron chi connectivity index (χ3n) is 7.43. The van der Waals surface area contributed by atoms with E-state index in [2.05, 4.69) is 36.1 Å². The fourth-order valence-corrected chi connectivity index (χ4v) is 5.85. The average Bonchev–Trinajstić information content (AvgIpc) is 3.61. The van der Waals surface area contributed by atoms with Crippen LogP contribution >= 0.6 is 11.3 Å². The molecule has 4 aromatic heterocycles. The van der Waals surface area contributed by atoms with E-state index >= 15 is 0 Å². The number of Topliss-reactive ketones (excluding diaryl/α,β-unsaturated/α-hetero) is 1. The molecule has 1 N–H and O–H groups in total. The molecule has 0 amide bonds. The van der Waals surface area contributed by atoms with Gasteiger partial charge in [0.25, 0.3) is 5.92 Å². The van der Waals surface area contributed by atoms with Crippen LogP contribution in [0.15, 0.2) is 48.1 Å². The van der Waals surface area contributed by atoms with Crippen LogP contribution in [0.1, 0.15) is 44.0 Å². The van der Waals surface area contributed by atoms with Gasteiger partial charge in [0.15, 0.2) is 11.4 Å². The van der Waals surface area contributed by atoms with Crippen LogP contribution in [-0.4, -0.2) is 86.4 Å². The molecule has 0 bridgehead atoms. The number of carbonyl (C=O) groups is 1. The Balaban J connectivity index is 1.41. The van der Waals surface area contributed by atoms with Crippen LogP contribution in [0, 0.1) is 0 Å². The molecule has 0 aliphatic carbocycles. The molecule has 5 rings (SSSR count). The number of rotatable bonds is 13. The molecule has 0 radical (unpaired) electrons. The highest BCUT2D eigenvalue weighted by Crippen LogP contribution is 2.29. The monoisotopic (exact) mass is 567 g/mol. The summed E-state index contributed by atoms with van der Waals surface area (Å²) < 4.78 is 28.2. The Hall–Kier alpha value is -3.28. The number of aromatic nitrogens is 4. The molecule has 11 heteroatoms. The van der Waals surface area contributed by atoms with Crippen molar-refractivity contribution in [1.29, 1.82) is 0 Å². The quantitative estimate of drug-likeness (QED) is 0.212. The maximum absolute atomic E-state index is 13.4. The molecule has 1 saturated heterocycles. The fraction of sp³-hybridized carbons (Fsp3) is 0.448. The summed E-state index contributed by atoms with van der Waals surface area (Å²) in [7, 11) is 0. The number of hydrogen-bond donors (Lipinski definition) is 1. The van der Waals surface area contributed by atoms with Crippen molar-refractivity contribution in [2.75, 3.05) is 44.6 Å². The van der Waals surface area contributed by atoms with Crippen molar-refractivity contribution in [3.8, 4) is 21.8 Å². The van der Waals surface area contributed by atoms with Gasteiger partial charge in [-0.2, -0.15) is 5.10 Å². The molecule has 1 aliphatic heterocycles. The predicted molar refractivity (Wildman–Crippen MR) is 155 cm³/mol. The summed E-state index contributed by atoms with van der Waals surface area (Å²) in [5.41, 5.74) is 3.35. The highest BCUT2D eigenvalue weighted by molar-refractivity contribution is 7.13. The molecule has 40 heavy (non-hydrogen) atoms. The second-order valence-corrected chi connectivity index (χ2v) is 11.2. The van der Waals surface area contributed by atoms with Crippen LogP contribution in [-0.2, 0) is 0 Å². The van der Waals surface area contributed by atoms with Gasteiger partial charge in [0.2, 0.25) is 0 Å². The van der Waals surface area contributed by atoms with Crippen molar-refractivity contribution in [2.45, 2.75) is 45.6 Å². The zero-order chi connectivity index (χ0) is 28.3. The summed E-state index contributed by atoms with van der Waals surface area (Å²) in [4.78, 5) is 28.1. The number of pyridine rings is 1. The molecule has 0 aromatic carbocycles. The molecule has 4 aromatic rings. The molecule has 1 atom stereocenters. The van der Waals surface area contributed by atoms with Crippen molar-refractivity contribution < 1.29 is 13.6 Å².